The summed E-state index contributed by atoms with van der Waals surface area (Å²) in [7, 11) is 2.13. The fourth-order valence-electron chi connectivity index (χ4n) is 0. The summed E-state index contributed by atoms with van der Waals surface area (Å²) in [6, 6.07) is 0. The van der Waals surface area contributed by atoms with Crippen molar-refractivity contribution >= 4 is 26.3 Å². The summed E-state index contributed by atoms with van der Waals surface area (Å²) < 4.78 is 0. The number of rotatable bonds is 1. The van der Waals surface area contributed by atoms with Crippen molar-refractivity contribution in [3.63, 3.8) is 0 Å². The van der Waals surface area contributed by atoms with E-state index in [2.05, 4.69) is 0 Å². The van der Waals surface area contributed by atoms with Crippen LogP contribution in [-0.4, -0.2) is 26.3 Å². The second-order valence-corrected chi connectivity index (χ2v) is 7.54. The van der Waals surface area contributed by atoms with E-state index in [0.717, 1.165) is 20.5 Å². The highest BCUT2D eigenvalue weighted by atomic mass is 28.2. The lowest BCUT2D eigenvalue weighted by Gasteiger charge is -1.90. The van der Waals surface area contributed by atoms with E-state index in [4.69, 9.17) is 0 Å². The maximum absolute atomic E-state index is 10.2. The van der Waals surface area contributed by atoms with Crippen molar-refractivity contribution < 1.29 is 4.79 Å². The van der Waals surface area contributed by atoms with Crippen molar-refractivity contribution in [1.29, 1.82) is 0 Å². The predicted molar refractivity (Wildman–Crippen MR) is 34.3 cm³/mol. The molecule has 0 spiro atoms. The third kappa shape index (κ3) is 2.35. The molecule has 0 radical (unpaired) electrons. The van der Waals surface area contributed by atoms with Gasteiger partial charge in [-0.1, -0.05) is 0 Å². The lowest BCUT2D eigenvalue weighted by molar-refractivity contribution is -0.115. The summed E-state index contributed by atoms with van der Waals surface area (Å²) in [6.07, 6.45) is 0. The fraction of sp³-hybridized carbons (Fsp3) is 0.667. The van der Waals surface area contributed by atoms with Crippen LogP contribution < -0.4 is 0 Å². The number of hydrogen-bond donors (Lipinski definition) is 0. The molecule has 0 saturated carbocycles. The molecule has 0 aliphatic heterocycles. The average molecular weight is 118 g/mol. The van der Waals surface area contributed by atoms with E-state index in [-0.39, 0.29) is 0 Å². The van der Waals surface area contributed by atoms with Gasteiger partial charge in [0.15, 0.2) is 0 Å². The number of ketones is 1. The van der Waals surface area contributed by atoms with Gasteiger partial charge in [-0.25, -0.2) is 0 Å². The highest BCUT2D eigenvalue weighted by Crippen LogP contribution is 1.87. The van der Waals surface area contributed by atoms with Crippen molar-refractivity contribution in [1.82, 2.24) is 0 Å². The molecule has 0 bridgehead atoms. The number of Topliss-reactive ketones (excluding diaryl/α,β-unsaturated/α-hetero) is 1. The van der Waals surface area contributed by atoms with Gasteiger partial charge in [0, 0.05) is 20.5 Å². The minimum atomic E-state index is 0.383. The largest absolute Gasteiger partial charge is 0.300 e. The first-order chi connectivity index (χ1) is 2.64. The quantitative estimate of drug-likeness (QED) is 0.366. The maximum Gasteiger partial charge on any atom is 0.125 e. The molecule has 0 rings (SSSR count). The van der Waals surface area contributed by atoms with Gasteiger partial charge >= 0.3 is 0 Å². The zero-order valence-electron chi connectivity index (χ0n) is 4.49. The Balaban J connectivity index is 3.26. The molecule has 0 aromatic rings. The van der Waals surface area contributed by atoms with Crippen LogP contribution in [0.4, 0.5) is 0 Å². The van der Waals surface area contributed by atoms with Crippen molar-refractivity contribution in [3.8, 4) is 0 Å². The second kappa shape index (κ2) is 2.31. The van der Waals surface area contributed by atoms with Crippen LogP contribution in [0.15, 0.2) is 0 Å². The molecule has 1 nitrogen and oxygen atoms in total. The topological polar surface area (TPSA) is 17.1 Å². The Kier molecular flexibility index (Phi) is 2.35. The molecule has 0 heterocycles. The molecule has 0 aromatic heterocycles. The van der Waals surface area contributed by atoms with Gasteiger partial charge in [0.25, 0.3) is 0 Å². The van der Waals surface area contributed by atoms with Crippen molar-refractivity contribution in [2.24, 2.45) is 0 Å². The number of carbonyl (C=O) groups excluding carboxylic acids is 1. The van der Waals surface area contributed by atoms with Gasteiger partial charge in [-0.2, -0.15) is 0 Å². The summed E-state index contributed by atoms with van der Waals surface area (Å²) in [5.74, 6) is 0.383. The van der Waals surface area contributed by atoms with E-state index in [1.54, 1.807) is 6.92 Å². The van der Waals surface area contributed by atoms with Gasteiger partial charge in [-0.15, -0.1) is 0 Å². The Morgan fingerprint density at radius 1 is 1.67 bits per heavy atom. The molecule has 0 aliphatic rings. The molecule has 0 saturated heterocycles. The summed E-state index contributed by atoms with van der Waals surface area (Å²) in [5.41, 5.74) is 0. The maximum atomic E-state index is 10.2. The standard InChI is InChI=1S/C3H10OSi2/c1-2(4)3(5)6/h3H,1,5-6H3. The van der Waals surface area contributed by atoms with Gasteiger partial charge in [0.1, 0.15) is 5.78 Å². The summed E-state index contributed by atoms with van der Waals surface area (Å²) in [6.45, 7) is 1.67. The number of carbonyl (C=O) groups is 1. The van der Waals surface area contributed by atoms with Crippen LogP contribution in [0.1, 0.15) is 6.92 Å². The smallest absolute Gasteiger partial charge is 0.125 e. The third-order valence-electron chi connectivity index (χ3n) is 0.813. The highest BCUT2D eigenvalue weighted by Gasteiger charge is 1.95. The van der Waals surface area contributed by atoms with Gasteiger partial charge < -0.3 is 4.79 Å². The van der Waals surface area contributed by atoms with Crippen LogP contribution in [0.25, 0.3) is 0 Å². The summed E-state index contributed by atoms with van der Waals surface area (Å²) >= 11 is 0. The van der Waals surface area contributed by atoms with Crippen molar-refractivity contribution in [2.75, 3.05) is 0 Å². The SMILES string of the molecule is CC(=O)C([SiH3])[SiH3]. The predicted octanol–water partition coefficient (Wildman–Crippen LogP) is -1.95. The lowest BCUT2D eigenvalue weighted by Crippen LogP contribution is -2.01. The molecule has 0 aliphatic carbocycles. The third-order valence-corrected chi connectivity index (χ3v) is 2.44. The molecule has 0 atom stereocenters. The van der Waals surface area contributed by atoms with Crippen LogP contribution in [-0.2, 0) is 4.79 Å². The molecular formula is C3H10OSi2. The second-order valence-electron chi connectivity index (χ2n) is 1.77. The van der Waals surface area contributed by atoms with Crippen molar-refractivity contribution in [2.45, 2.75) is 12.1 Å². The van der Waals surface area contributed by atoms with E-state index < -0.39 is 0 Å². The first-order valence-corrected chi connectivity index (χ1v) is 4.46. The molecule has 6 heavy (non-hydrogen) atoms. The minimum absolute atomic E-state index is 0.383. The van der Waals surface area contributed by atoms with E-state index in [9.17, 15) is 4.79 Å². The lowest BCUT2D eigenvalue weighted by atomic mass is 10.5. The van der Waals surface area contributed by atoms with E-state index >= 15 is 0 Å². The number of hydrogen-bond acceptors (Lipinski definition) is 1. The van der Waals surface area contributed by atoms with Crippen LogP contribution in [0.5, 0.6) is 0 Å². The summed E-state index contributed by atoms with van der Waals surface area (Å²) in [4.78, 5) is 10.2. The van der Waals surface area contributed by atoms with Gasteiger partial charge in [0.05, 0.1) is 0 Å². The van der Waals surface area contributed by atoms with Gasteiger partial charge in [0.2, 0.25) is 0 Å². The molecular weight excluding hydrogens is 108 g/mol. The van der Waals surface area contributed by atoms with Crippen molar-refractivity contribution in [3.05, 3.63) is 0 Å². The molecule has 0 amide bonds. The molecule has 0 unspecified atom stereocenters. The molecule has 3 heteroatoms. The molecule has 0 N–H and O–H groups in total. The Labute approximate surface area is 44.0 Å². The van der Waals surface area contributed by atoms with E-state index in [1.165, 1.54) is 0 Å². The van der Waals surface area contributed by atoms with Crippen LogP contribution in [0.3, 0.4) is 0 Å². The highest BCUT2D eigenvalue weighted by molar-refractivity contribution is 6.45. The van der Waals surface area contributed by atoms with Gasteiger partial charge in [-0.3, -0.25) is 0 Å². The van der Waals surface area contributed by atoms with E-state index in [1.807, 2.05) is 0 Å². The van der Waals surface area contributed by atoms with Crippen LogP contribution in [0.2, 0.25) is 5.16 Å². The molecule has 0 aromatic carbocycles. The Morgan fingerprint density at radius 3 is 1.83 bits per heavy atom. The Hall–Kier alpha value is 0.104. The minimum Gasteiger partial charge on any atom is -0.300 e. The molecule has 0 fully saturated rings. The van der Waals surface area contributed by atoms with Gasteiger partial charge in [-0.05, 0) is 12.1 Å². The monoisotopic (exact) mass is 118 g/mol. The zero-order valence-corrected chi connectivity index (χ0v) is 8.49. The summed E-state index contributed by atoms with van der Waals surface area (Å²) in [5, 5.41) is 0.491. The first kappa shape index (κ1) is 6.10. The van der Waals surface area contributed by atoms with Crippen LogP contribution in [0, 0.1) is 0 Å². The average Bonchev–Trinajstić information content (AvgIpc) is 1.36. The van der Waals surface area contributed by atoms with Crippen LogP contribution >= 0.6 is 0 Å². The normalized spacial score (nSPS) is 14.8. The fourth-order valence-corrected chi connectivity index (χ4v) is 0. The first-order valence-electron chi connectivity index (χ1n) is 2.15. The molecule has 36 valence electrons. The Bertz CT molecular complexity index is 59.8. The zero-order chi connectivity index (χ0) is 5.15. The van der Waals surface area contributed by atoms with E-state index in [0.29, 0.717) is 10.9 Å². The Morgan fingerprint density at radius 2 is 1.83 bits per heavy atom.